The van der Waals surface area contributed by atoms with Gasteiger partial charge in [-0.3, -0.25) is 9.69 Å². The summed E-state index contributed by atoms with van der Waals surface area (Å²) in [6.07, 6.45) is 0. The van der Waals surface area contributed by atoms with Gasteiger partial charge in [0.2, 0.25) is 5.91 Å². The smallest absolute Gasteiger partial charge is 0.340 e. The van der Waals surface area contributed by atoms with Gasteiger partial charge in [0.15, 0.2) is 0 Å². The molecular formula is C15H19FN2O3. The van der Waals surface area contributed by atoms with E-state index in [1.165, 1.54) is 19.2 Å². The van der Waals surface area contributed by atoms with Crippen LogP contribution in [0.25, 0.3) is 0 Å². The monoisotopic (exact) mass is 294 g/mol. The molecule has 5 nitrogen and oxygen atoms in total. The standard InChI is InChI=1S/C15H19FN2O3/c1-11(19)18-7-5-17(6-8-18)10-12-3-4-13(14(16)9-12)15(20)21-2/h3-4,9H,5-8,10H2,1-2H3. The van der Waals surface area contributed by atoms with E-state index in [1.807, 2.05) is 0 Å². The summed E-state index contributed by atoms with van der Waals surface area (Å²) in [7, 11) is 1.23. The lowest BCUT2D eigenvalue weighted by Gasteiger charge is -2.34. The summed E-state index contributed by atoms with van der Waals surface area (Å²) >= 11 is 0. The van der Waals surface area contributed by atoms with Crippen LogP contribution in [0.4, 0.5) is 4.39 Å². The minimum absolute atomic E-state index is 0.0531. The average molecular weight is 294 g/mol. The van der Waals surface area contributed by atoms with Crippen LogP contribution in [0, 0.1) is 5.82 Å². The number of amides is 1. The van der Waals surface area contributed by atoms with E-state index >= 15 is 0 Å². The van der Waals surface area contributed by atoms with Crippen molar-refractivity contribution in [1.29, 1.82) is 0 Å². The molecule has 0 saturated carbocycles. The third kappa shape index (κ3) is 3.78. The largest absolute Gasteiger partial charge is 0.465 e. The Bertz CT molecular complexity index is 540. The Balaban J connectivity index is 1.97. The maximum absolute atomic E-state index is 13.8. The van der Waals surface area contributed by atoms with Crippen molar-refractivity contribution in [3.05, 3.63) is 35.1 Å². The summed E-state index contributed by atoms with van der Waals surface area (Å²) in [6.45, 7) is 5.08. The van der Waals surface area contributed by atoms with E-state index in [0.717, 1.165) is 18.7 Å². The molecule has 0 aromatic heterocycles. The van der Waals surface area contributed by atoms with Gasteiger partial charge in [0.25, 0.3) is 0 Å². The molecule has 1 aromatic carbocycles. The summed E-state index contributed by atoms with van der Waals surface area (Å²) in [4.78, 5) is 26.5. The maximum Gasteiger partial charge on any atom is 0.340 e. The third-order valence-electron chi connectivity index (χ3n) is 3.66. The number of hydrogen-bond acceptors (Lipinski definition) is 4. The lowest BCUT2D eigenvalue weighted by Crippen LogP contribution is -2.47. The van der Waals surface area contributed by atoms with E-state index in [9.17, 15) is 14.0 Å². The van der Waals surface area contributed by atoms with E-state index in [2.05, 4.69) is 9.64 Å². The molecule has 1 saturated heterocycles. The van der Waals surface area contributed by atoms with Gasteiger partial charge in [-0.1, -0.05) is 6.07 Å². The summed E-state index contributed by atoms with van der Waals surface area (Å²) < 4.78 is 18.4. The minimum Gasteiger partial charge on any atom is -0.465 e. The Morgan fingerprint density at radius 2 is 1.90 bits per heavy atom. The summed E-state index contributed by atoms with van der Waals surface area (Å²) in [5, 5.41) is 0. The summed E-state index contributed by atoms with van der Waals surface area (Å²) in [6, 6.07) is 4.54. The molecular weight excluding hydrogens is 275 g/mol. The van der Waals surface area contributed by atoms with Crippen molar-refractivity contribution in [2.75, 3.05) is 33.3 Å². The Morgan fingerprint density at radius 3 is 2.43 bits per heavy atom. The first kappa shape index (κ1) is 15.4. The zero-order chi connectivity index (χ0) is 15.4. The molecule has 0 radical (unpaired) electrons. The van der Waals surface area contributed by atoms with Crippen LogP contribution in [0.2, 0.25) is 0 Å². The molecule has 0 bridgehead atoms. The van der Waals surface area contributed by atoms with Gasteiger partial charge in [-0.25, -0.2) is 9.18 Å². The summed E-state index contributed by atoms with van der Waals surface area (Å²) in [5.41, 5.74) is 0.749. The van der Waals surface area contributed by atoms with Crippen molar-refractivity contribution >= 4 is 11.9 Å². The molecule has 0 spiro atoms. The lowest BCUT2D eigenvalue weighted by atomic mass is 10.1. The number of nitrogens with zero attached hydrogens (tertiary/aromatic N) is 2. The molecule has 21 heavy (non-hydrogen) atoms. The fourth-order valence-electron chi connectivity index (χ4n) is 2.41. The molecule has 0 atom stereocenters. The zero-order valence-corrected chi connectivity index (χ0v) is 12.3. The van der Waals surface area contributed by atoms with Crippen molar-refractivity contribution in [2.24, 2.45) is 0 Å². The molecule has 1 aromatic rings. The second-order valence-corrected chi connectivity index (χ2v) is 5.09. The van der Waals surface area contributed by atoms with Crippen molar-refractivity contribution in [2.45, 2.75) is 13.5 Å². The molecule has 2 rings (SSSR count). The first-order chi connectivity index (χ1) is 10.0. The van der Waals surface area contributed by atoms with Gasteiger partial charge in [0.05, 0.1) is 12.7 Å². The molecule has 1 aliphatic rings. The Kier molecular flexibility index (Phi) is 4.90. The second kappa shape index (κ2) is 6.67. The van der Waals surface area contributed by atoms with Crippen LogP contribution in [0.15, 0.2) is 18.2 Å². The lowest BCUT2D eigenvalue weighted by molar-refractivity contribution is -0.130. The fraction of sp³-hybridized carbons (Fsp3) is 0.467. The fourth-order valence-corrected chi connectivity index (χ4v) is 2.41. The van der Waals surface area contributed by atoms with Gasteiger partial charge >= 0.3 is 5.97 Å². The van der Waals surface area contributed by atoms with Crippen LogP contribution in [-0.4, -0.2) is 55.0 Å². The van der Waals surface area contributed by atoms with Crippen LogP contribution in [0.5, 0.6) is 0 Å². The van der Waals surface area contributed by atoms with Crippen LogP contribution in [0.1, 0.15) is 22.8 Å². The molecule has 0 aliphatic carbocycles. The Hall–Kier alpha value is -1.95. The summed E-state index contributed by atoms with van der Waals surface area (Å²) in [5.74, 6) is -1.15. The number of carbonyl (C=O) groups excluding carboxylic acids is 2. The van der Waals surface area contributed by atoms with Gasteiger partial charge in [0.1, 0.15) is 5.82 Å². The Morgan fingerprint density at radius 1 is 1.24 bits per heavy atom. The molecule has 6 heteroatoms. The highest BCUT2D eigenvalue weighted by molar-refractivity contribution is 5.89. The van der Waals surface area contributed by atoms with Crippen molar-refractivity contribution in [3.63, 3.8) is 0 Å². The van der Waals surface area contributed by atoms with Gasteiger partial charge < -0.3 is 9.64 Å². The van der Waals surface area contributed by atoms with Gasteiger partial charge in [-0.15, -0.1) is 0 Å². The molecule has 114 valence electrons. The first-order valence-electron chi connectivity index (χ1n) is 6.86. The maximum atomic E-state index is 13.8. The predicted octanol–water partition coefficient (Wildman–Crippen LogP) is 1.28. The number of methoxy groups -OCH3 is 1. The number of carbonyl (C=O) groups is 2. The molecule has 1 aliphatic heterocycles. The number of rotatable bonds is 3. The number of benzene rings is 1. The van der Waals surface area contributed by atoms with Crippen molar-refractivity contribution in [1.82, 2.24) is 9.80 Å². The molecule has 0 N–H and O–H groups in total. The molecule has 1 amide bonds. The van der Waals surface area contributed by atoms with Gasteiger partial charge in [-0.2, -0.15) is 0 Å². The highest BCUT2D eigenvalue weighted by atomic mass is 19.1. The molecule has 1 fully saturated rings. The SMILES string of the molecule is COC(=O)c1ccc(CN2CCN(C(C)=O)CC2)cc1F. The van der Waals surface area contributed by atoms with E-state index in [1.54, 1.807) is 17.9 Å². The third-order valence-corrected chi connectivity index (χ3v) is 3.66. The quantitative estimate of drug-likeness (QED) is 0.788. The number of piperazine rings is 1. The zero-order valence-electron chi connectivity index (χ0n) is 12.3. The van der Waals surface area contributed by atoms with E-state index in [-0.39, 0.29) is 11.5 Å². The first-order valence-corrected chi connectivity index (χ1v) is 6.86. The Labute approximate surface area is 123 Å². The average Bonchev–Trinajstić information content (AvgIpc) is 2.47. The van der Waals surface area contributed by atoms with Crippen molar-refractivity contribution < 1.29 is 18.7 Å². The van der Waals surface area contributed by atoms with Crippen LogP contribution < -0.4 is 0 Å². The second-order valence-electron chi connectivity index (χ2n) is 5.09. The van der Waals surface area contributed by atoms with Crippen LogP contribution in [0.3, 0.4) is 0 Å². The van der Waals surface area contributed by atoms with Crippen LogP contribution >= 0.6 is 0 Å². The molecule has 0 unspecified atom stereocenters. The number of halogens is 1. The highest BCUT2D eigenvalue weighted by Gasteiger charge is 2.19. The van der Waals surface area contributed by atoms with Crippen LogP contribution in [-0.2, 0) is 16.1 Å². The number of hydrogen-bond donors (Lipinski definition) is 0. The van der Waals surface area contributed by atoms with Gasteiger partial charge in [-0.05, 0) is 17.7 Å². The molecule has 1 heterocycles. The van der Waals surface area contributed by atoms with Gasteiger partial charge in [0, 0.05) is 39.6 Å². The minimum atomic E-state index is -0.672. The predicted molar refractivity (Wildman–Crippen MR) is 75.3 cm³/mol. The van der Waals surface area contributed by atoms with E-state index in [0.29, 0.717) is 19.6 Å². The highest BCUT2D eigenvalue weighted by Crippen LogP contribution is 2.14. The topological polar surface area (TPSA) is 49.9 Å². The van der Waals surface area contributed by atoms with E-state index < -0.39 is 11.8 Å². The van der Waals surface area contributed by atoms with E-state index in [4.69, 9.17) is 0 Å². The number of esters is 1. The number of ether oxygens (including phenoxy) is 1. The normalized spacial score (nSPS) is 15.9. The van der Waals surface area contributed by atoms with Crippen molar-refractivity contribution in [3.8, 4) is 0 Å².